The molecule has 2 amide bonds. The van der Waals surface area contributed by atoms with Crippen molar-refractivity contribution in [1.82, 2.24) is 25.6 Å². The SMILES string of the molecule is Cn1c(SCC(=O)NNC(=O)c2ccc(Cl)cc2)nnc1-c1ccc(NS(C)(=O)=O)cc1. The third kappa shape index (κ3) is 6.45. The molecule has 1 heterocycles. The molecule has 0 unspecified atom stereocenters. The van der Waals surface area contributed by atoms with E-state index in [-0.39, 0.29) is 5.75 Å². The number of sulfonamides is 1. The second-order valence-electron chi connectivity index (χ2n) is 6.61. The van der Waals surface area contributed by atoms with Crippen molar-refractivity contribution in [2.45, 2.75) is 5.16 Å². The van der Waals surface area contributed by atoms with Crippen LogP contribution in [0.3, 0.4) is 0 Å². The van der Waals surface area contributed by atoms with Crippen LogP contribution in [0.25, 0.3) is 11.4 Å². The molecule has 0 fully saturated rings. The number of thioether (sulfide) groups is 1. The van der Waals surface area contributed by atoms with E-state index >= 15 is 0 Å². The standard InChI is InChI=1S/C19H19ClN6O4S2/c1-26-17(12-5-9-15(10-6-12)25-32(2,29)30)22-24-19(26)31-11-16(27)21-23-18(28)13-3-7-14(20)8-4-13/h3-10,25H,11H2,1-2H3,(H,21,27)(H,23,28). The predicted octanol–water partition coefficient (Wildman–Crippen LogP) is 2.06. The van der Waals surface area contributed by atoms with Gasteiger partial charge in [0.1, 0.15) is 0 Å². The van der Waals surface area contributed by atoms with E-state index in [0.29, 0.717) is 27.3 Å². The number of nitrogens with one attached hydrogen (secondary N) is 3. The van der Waals surface area contributed by atoms with E-state index in [0.717, 1.165) is 23.6 Å². The monoisotopic (exact) mass is 494 g/mol. The quantitative estimate of drug-likeness (QED) is 0.338. The summed E-state index contributed by atoms with van der Waals surface area (Å²) in [6, 6.07) is 12.9. The van der Waals surface area contributed by atoms with Crippen molar-refractivity contribution in [3.63, 3.8) is 0 Å². The number of anilines is 1. The molecule has 2 aromatic carbocycles. The van der Waals surface area contributed by atoms with Gasteiger partial charge in [-0.3, -0.25) is 25.2 Å². The van der Waals surface area contributed by atoms with Gasteiger partial charge in [-0.1, -0.05) is 23.4 Å². The fraction of sp³-hybridized carbons (Fsp3) is 0.158. The van der Waals surface area contributed by atoms with Crippen LogP contribution in [-0.2, 0) is 21.9 Å². The summed E-state index contributed by atoms with van der Waals surface area (Å²) in [5.74, 6) is -0.327. The average Bonchev–Trinajstić information content (AvgIpc) is 3.11. The molecule has 32 heavy (non-hydrogen) atoms. The lowest BCUT2D eigenvalue weighted by Crippen LogP contribution is -2.42. The van der Waals surface area contributed by atoms with Gasteiger partial charge >= 0.3 is 0 Å². The topological polar surface area (TPSA) is 135 Å². The molecule has 0 radical (unpaired) electrons. The van der Waals surface area contributed by atoms with Crippen molar-refractivity contribution in [3.8, 4) is 11.4 Å². The maximum Gasteiger partial charge on any atom is 0.269 e. The number of carbonyl (C=O) groups is 2. The molecule has 0 saturated carbocycles. The van der Waals surface area contributed by atoms with Gasteiger partial charge < -0.3 is 4.57 Å². The number of benzene rings is 2. The second-order valence-corrected chi connectivity index (χ2v) is 9.74. The molecule has 1 aromatic heterocycles. The van der Waals surface area contributed by atoms with Crippen LogP contribution in [0.2, 0.25) is 5.02 Å². The van der Waals surface area contributed by atoms with E-state index in [9.17, 15) is 18.0 Å². The highest BCUT2D eigenvalue weighted by Gasteiger charge is 2.14. The molecular weight excluding hydrogens is 476 g/mol. The number of carbonyl (C=O) groups excluding carboxylic acids is 2. The summed E-state index contributed by atoms with van der Waals surface area (Å²) in [5.41, 5.74) is 6.20. The van der Waals surface area contributed by atoms with Gasteiger partial charge in [-0.2, -0.15) is 0 Å². The van der Waals surface area contributed by atoms with Crippen molar-refractivity contribution in [2.24, 2.45) is 7.05 Å². The molecule has 3 aromatic rings. The summed E-state index contributed by atoms with van der Waals surface area (Å²) in [7, 11) is -1.61. The minimum atomic E-state index is -3.36. The van der Waals surface area contributed by atoms with E-state index in [1.165, 1.54) is 0 Å². The number of rotatable bonds is 7. The van der Waals surface area contributed by atoms with Crippen LogP contribution in [0.1, 0.15) is 10.4 Å². The van der Waals surface area contributed by atoms with Gasteiger partial charge in [-0.15, -0.1) is 10.2 Å². The van der Waals surface area contributed by atoms with Crippen molar-refractivity contribution >= 4 is 50.9 Å². The van der Waals surface area contributed by atoms with Crippen molar-refractivity contribution in [1.29, 1.82) is 0 Å². The number of nitrogens with zero attached hydrogens (tertiary/aromatic N) is 3. The van der Waals surface area contributed by atoms with E-state index in [4.69, 9.17) is 11.6 Å². The first-order valence-corrected chi connectivity index (χ1v) is 12.3. The highest BCUT2D eigenvalue weighted by atomic mass is 35.5. The zero-order chi connectivity index (χ0) is 23.3. The highest BCUT2D eigenvalue weighted by Crippen LogP contribution is 2.24. The number of hydrazine groups is 1. The molecule has 0 aliphatic carbocycles. The number of aromatic nitrogens is 3. The molecular formula is C19H19ClN6O4S2. The Bertz CT molecular complexity index is 1230. The van der Waals surface area contributed by atoms with Crippen molar-refractivity contribution in [3.05, 3.63) is 59.1 Å². The predicted molar refractivity (Wildman–Crippen MR) is 123 cm³/mol. The number of hydrogen-bond donors (Lipinski definition) is 3. The summed E-state index contributed by atoms with van der Waals surface area (Å²) in [5, 5.41) is 9.22. The Balaban J connectivity index is 1.54. The third-order valence-electron chi connectivity index (χ3n) is 4.04. The summed E-state index contributed by atoms with van der Waals surface area (Å²) < 4.78 is 26.7. The number of halogens is 1. The zero-order valence-electron chi connectivity index (χ0n) is 17.0. The fourth-order valence-corrected chi connectivity index (χ4v) is 3.96. The lowest BCUT2D eigenvalue weighted by atomic mass is 10.2. The number of amides is 2. The van der Waals surface area contributed by atoms with Crippen LogP contribution >= 0.6 is 23.4 Å². The van der Waals surface area contributed by atoms with Crippen LogP contribution in [0.4, 0.5) is 5.69 Å². The maximum absolute atomic E-state index is 12.1. The Morgan fingerprint density at radius 2 is 1.69 bits per heavy atom. The van der Waals surface area contributed by atoms with E-state index < -0.39 is 21.8 Å². The molecule has 0 spiro atoms. The first kappa shape index (κ1) is 23.6. The molecule has 0 aliphatic rings. The normalized spacial score (nSPS) is 11.1. The fourth-order valence-electron chi connectivity index (χ4n) is 2.56. The van der Waals surface area contributed by atoms with Gasteiger partial charge in [0.25, 0.3) is 5.91 Å². The summed E-state index contributed by atoms with van der Waals surface area (Å²) in [6.45, 7) is 0. The molecule has 10 nitrogen and oxygen atoms in total. The Labute approximate surface area is 193 Å². The largest absolute Gasteiger partial charge is 0.305 e. The Morgan fingerprint density at radius 3 is 2.31 bits per heavy atom. The van der Waals surface area contributed by atoms with Crippen LogP contribution < -0.4 is 15.6 Å². The van der Waals surface area contributed by atoms with Crippen LogP contribution in [-0.4, -0.2) is 47.0 Å². The van der Waals surface area contributed by atoms with Gasteiger partial charge in [-0.25, -0.2) is 8.42 Å². The van der Waals surface area contributed by atoms with Crippen molar-refractivity contribution in [2.75, 3.05) is 16.7 Å². The molecule has 13 heteroatoms. The van der Waals surface area contributed by atoms with Crippen LogP contribution in [0.5, 0.6) is 0 Å². The number of hydrogen-bond acceptors (Lipinski definition) is 7. The van der Waals surface area contributed by atoms with Gasteiger partial charge in [0.2, 0.25) is 15.9 Å². The minimum Gasteiger partial charge on any atom is -0.305 e. The van der Waals surface area contributed by atoms with Crippen molar-refractivity contribution < 1.29 is 18.0 Å². The first-order valence-electron chi connectivity index (χ1n) is 9.07. The highest BCUT2D eigenvalue weighted by molar-refractivity contribution is 7.99. The lowest BCUT2D eigenvalue weighted by molar-refractivity contribution is -0.119. The summed E-state index contributed by atoms with van der Waals surface area (Å²) in [4.78, 5) is 24.1. The minimum absolute atomic E-state index is 0.00406. The van der Waals surface area contributed by atoms with Crippen LogP contribution in [0.15, 0.2) is 53.7 Å². The Morgan fingerprint density at radius 1 is 1.03 bits per heavy atom. The van der Waals surface area contributed by atoms with E-state index in [1.807, 2.05) is 0 Å². The molecule has 168 valence electrons. The zero-order valence-corrected chi connectivity index (χ0v) is 19.4. The van der Waals surface area contributed by atoms with Crippen LogP contribution in [0, 0.1) is 0 Å². The molecule has 0 atom stereocenters. The molecule has 3 rings (SSSR count). The Hall–Kier alpha value is -3.09. The third-order valence-corrected chi connectivity index (χ3v) is 5.91. The molecule has 0 aliphatic heterocycles. The summed E-state index contributed by atoms with van der Waals surface area (Å²) in [6.07, 6.45) is 1.08. The van der Waals surface area contributed by atoms with E-state index in [2.05, 4.69) is 25.8 Å². The van der Waals surface area contributed by atoms with Gasteiger partial charge in [0.15, 0.2) is 11.0 Å². The van der Waals surface area contributed by atoms with Gasteiger partial charge in [0.05, 0.1) is 12.0 Å². The van der Waals surface area contributed by atoms with E-state index in [1.54, 1.807) is 60.1 Å². The van der Waals surface area contributed by atoms with Gasteiger partial charge in [0, 0.05) is 28.9 Å². The molecule has 0 bridgehead atoms. The molecule has 0 saturated heterocycles. The summed E-state index contributed by atoms with van der Waals surface area (Å²) >= 11 is 6.93. The van der Waals surface area contributed by atoms with Gasteiger partial charge in [-0.05, 0) is 48.5 Å². The maximum atomic E-state index is 12.1. The average molecular weight is 495 g/mol. The smallest absolute Gasteiger partial charge is 0.269 e. The Kier molecular flexibility index (Phi) is 7.38. The second kappa shape index (κ2) is 10.0. The molecule has 3 N–H and O–H groups in total. The first-order chi connectivity index (χ1) is 15.1. The lowest BCUT2D eigenvalue weighted by Gasteiger charge is -2.08.